The van der Waals surface area contributed by atoms with Gasteiger partial charge >= 0.3 is 5.97 Å². The minimum absolute atomic E-state index is 0.0906. The van der Waals surface area contributed by atoms with Gasteiger partial charge in [-0.1, -0.05) is 12.1 Å². The Bertz CT molecular complexity index is 1370. The van der Waals surface area contributed by atoms with Gasteiger partial charge in [0, 0.05) is 18.1 Å². The van der Waals surface area contributed by atoms with Crippen LogP contribution in [0, 0.1) is 11.6 Å². The molecule has 2 amide bonds. The maximum atomic E-state index is 14.0. The number of ether oxygens (including phenoxy) is 2. The second-order valence-corrected chi connectivity index (χ2v) is 9.34. The van der Waals surface area contributed by atoms with Crippen LogP contribution in [0.5, 0.6) is 11.6 Å². The van der Waals surface area contributed by atoms with Gasteiger partial charge in [0.2, 0.25) is 5.88 Å². The molecule has 3 atom stereocenters. The first-order valence-electron chi connectivity index (χ1n) is 12.2. The summed E-state index contributed by atoms with van der Waals surface area (Å²) < 4.78 is 37.7. The highest BCUT2D eigenvalue weighted by atomic mass is 19.1. The number of rotatable bonds is 6. The summed E-state index contributed by atoms with van der Waals surface area (Å²) in [5, 5.41) is 2.94. The van der Waals surface area contributed by atoms with Crippen LogP contribution in [0.15, 0.2) is 60.8 Å². The van der Waals surface area contributed by atoms with E-state index in [9.17, 15) is 23.2 Å². The number of methoxy groups -OCH3 is 1. The summed E-state index contributed by atoms with van der Waals surface area (Å²) in [6, 6.07) is 12.2. The molecule has 2 fully saturated rings. The van der Waals surface area contributed by atoms with Crippen molar-refractivity contribution < 1.29 is 32.6 Å². The van der Waals surface area contributed by atoms with Crippen LogP contribution >= 0.6 is 0 Å². The Balaban J connectivity index is 1.30. The zero-order valence-corrected chi connectivity index (χ0v) is 20.5. The molecule has 2 aliphatic rings. The van der Waals surface area contributed by atoms with E-state index < -0.39 is 23.5 Å². The van der Waals surface area contributed by atoms with Gasteiger partial charge in [-0.2, -0.15) is 0 Å². The number of carbonyl (C=O) groups excluding carboxylic acids is 3. The van der Waals surface area contributed by atoms with Crippen LogP contribution in [0.25, 0.3) is 0 Å². The minimum atomic E-state index is -0.702. The van der Waals surface area contributed by atoms with Crippen LogP contribution in [0.4, 0.5) is 8.78 Å². The summed E-state index contributed by atoms with van der Waals surface area (Å²) in [6.45, 7) is 0. The molecule has 2 aliphatic heterocycles. The van der Waals surface area contributed by atoms with E-state index in [0.717, 1.165) is 25.1 Å². The molecule has 3 heterocycles. The van der Waals surface area contributed by atoms with Crippen molar-refractivity contribution in [2.24, 2.45) is 0 Å². The van der Waals surface area contributed by atoms with Crippen molar-refractivity contribution in [3.8, 4) is 11.6 Å². The molecule has 0 radical (unpaired) electrons. The molecule has 5 rings (SSSR count). The average Bonchev–Trinajstić information content (AvgIpc) is 3.19. The predicted molar refractivity (Wildman–Crippen MR) is 132 cm³/mol. The van der Waals surface area contributed by atoms with Crippen LogP contribution in [-0.4, -0.2) is 52.9 Å². The van der Waals surface area contributed by atoms with Crippen molar-refractivity contribution in [1.82, 2.24) is 15.2 Å². The highest BCUT2D eigenvalue weighted by Gasteiger charge is 2.44. The second-order valence-electron chi connectivity index (χ2n) is 9.34. The predicted octanol–water partition coefficient (Wildman–Crippen LogP) is 4.50. The molecular formula is C28H25F2N3O5. The van der Waals surface area contributed by atoms with Crippen molar-refractivity contribution in [1.29, 1.82) is 0 Å². The number of hydrogen-bond acceptors (Lipinski definition) is 6. The minimum Gasteiger partial charge on any atom is -0.465 e. The summed E-state index contributed by atoms with van der Waals surface area (Å²) in [5.74, 6) is -2.39. The van der Waals surface area contributed by atoms with E-state index in [1.54, 1.807) is 29.2 Å². The lowest BCUT2D eigenvalue weighted by Gasteiger charge is -2.39. The highest BCUT2D eigenvalue weighted by Crippen LogP contribution is 2.37. The van der Waals surface area contributed by atoms with E-state index in [2.05, 4.69) is 10.3 Å². The number of fused-ring (bicyclic) bond motifs is 2. The fourth-order valence-corrected chi connectivity index (χ4v) is 5.27. The van der Waals surface area contributed by atoms with E-state index >= 15 is 0 Å². The third-order valence-corrected chi connectivity index (χ3v) is 6.96. The SMILES string of the molecule is COC(=O)c1ccccc1C(=O)N1[C@@H]2CC[C@H]1CC(NC(=O)c1cc(F)cnc1Oc1ccc(F)cc1)C2. The van der Waals surface area contributed by atoms with Crippen molar-refractivity contribution in [2.75, 3.05) is 7.11 Å². The molecule has 2 bridgehead atoms. The lowest BCUT2D eigenvalue weighted by Crippen LogP contribution is -2.52. The summed E-state index contributed by atoms with van der Waals surface area (Å²) >= 11 is 0. The van der Waals surface area contributed by atoms with E-state index in [1.807, 2.05) is 0 Å². The van der Waals surface area contributed by atoms with Crippen LogP contribution in [0.3, 0.4) is 0 Å². The summed E-state index contributed by atoms with van der Waals surface area (Å²) in [6.07, 6.45) is 3.48. The Morgan fingerprint density at radius 2 is 1.58 bits per heavy atom. The molecule has 0 aliphatic carbocycles. The number of piperidine rings is 1. The van der Waals surface area contributed by atoms with Gasteiger partial charge in [-0.15, -0.1) is 0 Å². The third kappa shape index (κ3) is 5.06. The molecule has 38 heavy (non-hydrogen) atoms. The molecule has 196 valence electrons. The van der Waals surface area contributed by atoms with Gasteiger partial charge in [0.05, 0.1) is 24.4 Å². The van der Waals surface area contributed by atoms with Crippen molar-refractivity contribution in [2.45, 2.75) is 43.8 Å². The summed E-state index contributed by atoms with van der Waals surface area (Å²) in [5.41, 5.74) is 0.404. The van der Waals surface area contributed by atoms with E-state index in [1.165, 1.54) is 31.4 Å². The second kappa shape index (κ2) is 10.6. The van der Waals surface area contributed by atoms with Crippen molar-refractivity contribution in [3.63, 3.8) is 0 Å². The number of esters is 1. The van der Waals surface area contributed by atoms with Crippen LogP contribution < -0.4 is 10.1 Å². The number of pyridine rings is 1. The topological polar surface area (TPSA) is 97.8 Å². The third-order valence-electron chi connectivity index (χ3n) is 6.96. The Kier molecular flexibility index (Phi) is 7.04. The van der Waals surface area contributed by atoms with Gasteiger partial charge in [0.25, 0.3) is 11.8 Å². The number of halogens is 2. The summed E-state index contributed by atoms with van der Waals surface area (Å²) in [7, 11) is 1.27. The average molecular weight is 522 g/mol. The number of aromatic nitrogens is 1. The number of amides is 2. The number of nitrogens with one attached hydrogen (secondary N) is 1. The van der Waals surface area contributed by atoms with Crippen LogP contribution in [0.1, 0.15) is 56.8 Å². The Hall–Kier alpha value is -4.34. The van der Waals surface area contributed by atoms with Crippen LogP contribution in [-0.2, 0) is 4.74 Å². The fraction of sp³-hybridized carbons (Fsp3) is 0.286. The molecule has 2 saturated heterocycles. The first-order chi connectivity index (χ1) is 18.3. The lowest BCUT2D eigenvalue weighted by atomic mass is 9.95. The molecule has 1 aromatic heterocycles. The number of nitrogens with zero attached hydrogens (tertiary/aromatic N) is 2. The zero-order valence-electron chi connectivity index (χ0n) is 20.5. The standard InChI is InChI=1S/C28H25F2N3O5/c1-37-28(36)23-5-3-2-4-22(23)27(35)33-19-8-9-20(33)14-18(13-19)32-25(34)24-12-17(30)15-31-26(24)38-21-10-6-16(29)7-11-21/h2-7,10-12,15,18-20H,8-9,13-14H2,1H3,(H,32,34)/t18?,19-,20+. The first-order valence-corrected chi connectivity index (χ1v) is 12.2. The molecular weight excluding hydrogens is 496 g/mol. The van der Waals surface area contributed by atoms with Gasteiger partial charge in [-0.05, 0) is 68.1 Å². The maximum absolute atomic E-state index is 14.0. The van der Waals surface area contributed by atoms with E-state index in [-0.39, 0.29) is 52.4 Å². The lowest BCUT2D eigenvalue weighted by molar-refractivity contribution is 0.0524. The van der Waals surface area contributed by atoms with Crippen molar-refractivity contribution >= 4 is 17.8 Å². The Labute approximate surface area is 217 Å². The van der Waals surface area contributed by atoms with Crippen molar-refractivity contribution in [3.05, 3.63) is 89.1 Å². The normalized spacial score (nSPS) is 20.1. The Morgan fingerprint density at radius 1 is 0.921 bits per heavy atom. The molecule has 0 spiro atoms. The molecule has 2 aromatic carbocycles. The molecule has 0 saturated carbocycles. The number of carbonyl (C=O) groups is 3. The highest BCUT2D eigenvalue weighted by molar-refractivity contribution is 6.05. The van der Waals surface area contributed by atoms with E-state index in [0.29, 0.717) is 12.8 Å². The smallest absolute Gasteiger partial charge is 0.338 e. The number of hydrogen-bond donors (Lipinski definition) is 1. The monoisotopic (exact) mass is 521 g/mol. The van der Waals surface area contributed by atoms with Gasteiger partial charge in [0.1, 0.15) is 22.9 Å². The van der Waals surface area contributed by atoms with Crippen LogP contribution in [0.2, 0.25) is 0 Å². The maximum Gasteiger partial charge on any atom is 0.338 e. The fourth-order valence-electron chi connectivity index (χ4n) is 5.27. The summed E-state index contributed by atoms with van der Waals surface area (Å²) in [4.78, 5) is 44.5. The molecule has 10 heteroatoms. The first kappa shape index (κ1) is 25.3. The van der Waals surface area contributed by atoms with Gasteiger partial charge in [0.15, 0.2) is 0 Å². The Morgan fingerprint density at radius 3 is 2.24 bits per heavy atom. The molecule has 1 N–H and O–H groups in total. The largest absolute Gasteiger partial charge is 0.465 e. The molecule has 3 aromatic rings. The molecule has 8 nitrogen and oxygen atoms in total. The quantitative estimate of drug-likeness (QED) is 0.480. The van der Waals surface area contributed by atoms with E-state index in [4.69, 9.17) is 9.47 Å². The van der Waals surface area contributed by atoms with Gasteiger partial charge in [-0.3, -0.25) is 9.59 Å². The number of benzene rings is 2. The van der Waals surface area contributed by atoms with Gasteiger partial charge in [-0.25, -0.2) is 18.6 Å². The van der Waals surface area contributed by atoms with Gasteiger partial charge < -0.3 is 19.7 Å². The zero-order chi connectivity index (χ0) is 26.8. The molecule has 1 unspecified atom stereocenters.